The van der Waals surface area contributed by atoms with Crippen LogP contribution in [0.25, 0.3) is 0 Å². The second-order valence-corrected chi connectivity index (χ2v) is 6.29. The molecule has 1 aliphatic heterocycles. The van der Waals surface area contributed by atoms with Crippen LogP contribution in [0, 0.1) is 0 Å². The van der Waals surface area contributed by atoms with Gasteiger partial charge in [-0.3, -0.25) is 5.01 Å². The number of ether oxygens (including phenoxy) is 1. The van der Waals surface area contributed by atoms with Crippen molar-refractivity contribution in [2.75, 3.05) is 38.2 Å². The van der Waals surface area contributed by atoms with Gasteiger partial charge >= 0.3 is 0 Å². The first-order chi connectivity index (χ1) is 11.7. The SMILES string of the molecule is COc1ccccc1N1CCN(/N=C/c2cccc(Cl)c2Cl)CC1. The average molecular weight is 364 g/mol. The van der Waals surface area contributed by atoms with Crippen molar-refractivity contribution < 1.29 is 4.74 Å². The highest BCUT2D eigenvalue weighted by Gasteiger charge is 2.18. The molecule has 1 fully saturated rings. The first-order valence-corrected chi connectivity index (χ1v) is 8.55. The summed E-state index contributed by atoms with van der Waals surface area (Å²) in [6.07, 6.45) is 1.77. The lowest BCUT2D eigenvalue weighted by molar-refractivity contribution is 0.271. The van der Waals surface area contributed by atoms with Crippen LogP contribution in [0.3, 0.4) is 0 Å². The van der Waals surface area contributed by atoms with Gasteiger partial charge in [0.05, 0.1) is 42.1 Å². The van der Waals surface area contributed by atoms with Crippen LogP contribution >= 0.6 is 23.2 Å². The first-order valence-electron chi connectivity index (χ1n) is 7.80. The number of para-hydroxylation sites is 2. The Bertz CT molecular complexity index is 728. The molecule has 1 aliphatic rings. The van der Waals surface area contributed by atoms with Crippen molar-refractivity contribution in [3.8, 4) is 5.75 Å². The minimum Gasteiger partial charge on any atom is -0.495 e. The third-order valence-electron chi connectivity index (χ3n) is 4.02. The van der Waals surface area contributed by atoms with Gasteiger partial charge in [0.2, 0.25) is 0 Å². The van der Waals surface area contributed by atoms with Crippen molar-refractivity contribution in [1.82, 2.24) is 5.01 Å². The summed E-state index contributed by atoms with van der Waals surface area (Å²) in [5.74, 6) is 0.903. The van der Waals surface area contributed by atoms with E-state index in [0.29, 0.717) is 10.0 Å². The summed E-state index contributed by atoms with van der Waals surface area (Å²) < 4.78 is 5.44. The Morgan fingerprint density at radius 1 is 1.00 bits per heavy atom. The highest BCUT2D eigenvalue weighted by molar-refractivity contribution is 6.43. The highest BCUT2D eigenvalue weighted by Crippen LogP contribution is 2.28. The van der Waals surface area contributed by atoms with E-state index < -0.39 is 0 Å². The number of halogens is 2. The van der Waals surface area contributed by atoms with Gasteiger partial charge in [-0.15, -0.1) is 0 Å². The summed E-state index contributed by atoms with van der Waals surface area (Å²) in [6.45, 7) is 3.46. The predicted octanol–water partition coefficient (Wildman–Crippen LogP) is 4.16. The van der Waals surface area contributed by atoms with E-state index >= 15 is 0 Å². The zero-order chi connectivity index (χ0) is 16.9. The van der Waals surface area contributed by atoms with Gasteiger partial charge in [0.15, 0.2) is 0 Å². The summed E-state index contributed by atoms with van der Waals surface area (Å²) in [6, 6.07) is 13.6. The van der Waals surface area contributed by atoms with E-state index in [9.17, 15) is 0 Å². The maximum absolute atomic E-state index is 6.18. The van der Waals surface area contributed by atoms with Crippen LogP contribution in [-0.2, 0) is 0 Å². The summed E-state index contributed by atoms with van der Waals surface area (Å²) in [5, 5.41) is 7.66. The van der Waals surface area contributed by atoms with Gasteiger partial charge in [0.25, 0.3) is 0 Å². The number of nitrogens with zero attached hydrogens (tertiary/aromatic N) is 3. The normalized spacial score (nSPS) is 15.1. The Balaban J connectivity index is 1.63. The largest absolute Gasteiger partial charge is 0.495 e. The fourth-order valence-electron chi connectivity index (χ4n) is 2.71. The number of methoxy groups -OCH3 is 1. The molecule has 126 valence electrons. The lowest BCUT2D eigenvalue weighted by atomic mass is 10.2. The highest BCUT2D eigenvalue weighted by atomic mass is 35.5. The van der Waals surface area contributed by atoms with Crippen LogP contribution in [-0.4, -0.2) is 44.5 Å². The summed E-state index contributed by atoms with van der Waals surface area (Å²) in [5.41, 5.74) is 1.96. The number of anilines is 1. The lowest BCUT2D eigenvalue weighted by Crippen LogP contribution is -2.44. The molecule has 0 saturated carbocycles. The van der Waals surface area contributed by atoms with E-state index in [-0.39, 0.29) is 0 Å². The van der Waals surface area contributed by atoms with Gasteiger partial charge in [-0.25, -0.2) is 0 Å². The second kappa shape index (κ2) is 7.77. The number of hydrogen-bond acceptors (Lipinski definition) is 4. The molecule has 0 amide bonds. The molecule has 0 atom stereocenters. The molecule has 0 aliphatic carbocycles. The van der Waals surface area contributed by atoms with Crippen molar-refractivity contribution in [3.63, 3.8) is 0 Å². The van der Waals surface area contributed by atoms with E-state index in [2.05, 4.69) is 16.1 Å². The van der Waals surface area contributed by atoms with E-state index in [1.54, 1.807) is 19.4 Å². The summed E-state index contributed by atoms with van der Waals surface area (Å²) in [7, 11) is 1.70. The van der Waals surface area contributed by atoms with Crippen LogP contribution < -0.4 is 9.64 Å². The minimum atomic E-state index is 0.538. The number of rotatable bonds is 4. The molecule has 2 aromatic carbocycles. The van der Waals surface area contributed by atoms with E-state index in [1.807, 2.05) is 35.3 Å². The molecule has 0 spiro atoms. The van der Waals surface area contributed by atoms with Gasteiger partial charge in [0, 0.05) is 18.7 Å². The smallest absolute Gasteiger partial charge is 0.142 e. The maximum atomic E-state index is 6.18. The van der Waals surface area contributed by atoms with Crippen LogP contribution in [0.1, 0.15) is 5.56 Å². The van der Waals surface area contributed by atoms with Gasteiger partial charge in [-0.1, -0.05) is 47.5 Å². The summed E-state index contributed by atoms with van der Waals surface area (Å²) >= 11 is 12.2. The molecule has 4 nitrogen and oxygen atoms in total. The molecular formula is C18H19Cl2N3O. The Morgan fingerprint density at radius 2 is 1.75 bits per heavy atom. The van der Waals surface area contributed by atoms with Crippen LogP contribution in [0.2, 0.25) is 10.0 Å². The topological polar surface area (TPSA) is 28.1 Å². The molecule has 0 radical (unpaired) electrons. The number of hydrazone groups is 1. The van der Waals surface area contributed by atoms with Crippen molar-refractivity contribution in [3.05, 3.63) is 58.1 Å². The molecule has 1 saturated heterocycles. The number of hydrogen-bond donors (Lipinski definition) is 0. The Labute approximate surface area is 152 Å². The molecule has 1 heterocycles. The van der Waals surface area contributed by atoms with Gasteiger partial charge in [0.1, 0.15) is 5.75 Å². The predicted molar refractivity (Wildman–Crippen MR) is 101 cm³/mol. The van der Waals surface area contributed by atoms with E-state index in [1.165, 1.54) is 0 Å². The third-order valence-corrected chi connectivity index (χ3v) is 4.86. The average Bonchev–Trinajstić information content (AvgIpc) is 2.63. The fraction of sp³-hybridized carbons (Fsp3) is 0.278. The minimum absolute atomic E-state index is 0.538. The molecule has 2 aromatic rings. The van der Waals surface area contributed by atoms with Crippen LogP contribution in [0.5, 0.6) is 5.75 Å². The molecular weight excluding hydrogens is 345 g/mol. The fourth-order valence-corrected chi connectivity index (χ4v) is 3.06. The monoisotopic (exact) mass is 363 g/mol. The second-order valence-electron chi connectivity index (χ2n) is 5.50. The quantitative estimate of drug-likeness (QED) is 0.763. The molecule has 0 bridgehead atoms. The van der Waals surface area contributed by atoms with E-state index in [0.717, 1.165) is 43.2 Å². The van der Waals surface area contributed by atoms with Crippen molar-refractivity contribution in [2.45, 2.75) is 0 Å². The van der Waals surface area contributed by atoms with Gasteiger partial charge in [-0.05, 0) is 18.2 Å². The molecule has 3 rings (SSSR count). The molecule has 0 unspecified atom stereocenters. The molecule has 0 aromatic heterocycles. The molecule has 6 heteroatoms. The number of benzene rings is 2. The zero-order valence-corrected chi connectivity index (χ0v) is 15.0. The molecule has 0 N–H and O–H groups in total. The van der Waals surface area contributed by atoms with E-state index in [4.69, 9.17) is 27.9 Å². The Morgan fingerprint density at radius 3 is 2.50 bits per heavy atom. The summed E-state index contributed by atoms with van der Waals surface area (Å²) in [4.78, 5) is 2.32. The Kier molecular flexibility index (Phi) is 5.48. The zero-order valence-electron chi connectivity index (χ0n) is 13.5. The number of piperazine rings is 1. The standard InChI is InChI=1S/C18H19Cl2N3O/c1-24-17-8-3-2-7-16(17)22-9-11-23(12-10-22)21-13-14-5-4-6-15(19)18(14)20/h2-8,13H,9-12H2,1H3/b21-13+. The van der Waals surface area contributed by atoms with Crippen LogP contribution in [0.4, 0.5) is 5.69 Å². The third kappa shape index (κ3) is 3.77. The van der Waals surface area contributed by atoms with Crippen molar-refractivity contribution in [1.29, 1.82) is 0 Å². The van der Waals surface area contributed by atoms with Crippen LogP contribution in [0.15, 0.2) is 47.6 Å². The maximum Gasteiger partial charge on any atom is 0.142 e. The lowest BCUT2D eigenvalue weighted by Gasteiger charge is -2.35. The van der Waals surface area contributed by atoms with Crippen molar-refractivity contribution in [2.24, 2.45) is 5.10 Å². The Hall–Kier alpha value is -1.91. The first kappa shape index (κ1) is 16.9. The van der Waals surface area contributed by atoms with Gasteiger partial charge in [-0.2, -0.15) is 5.10 Å². The van der Waals surface area contributed by atoms with Crippen molar-refractivity contribution >= 4 is 35.1 Å². The molecule has 24 heavy (non-hydrogen) atoms. The van der Waals surface area contributed by atoms with Gasteiger partial charge < -0.3 is 9.64 Å².